The number of hydrogen-bond donors (Lipinski definition) is 2. The van der Waals surface area contributed by atoms with Gasteiger partial charge in [0.1, 0.15) is 0 Å². The number of fused-ring (bicyclic) bond motifs is 1. The molecule has 0 saturated carbocycles. The third kappa shape index (κ3) is 4.22. The molecule has 124 valence electrons. The van der Waals surface area contributed by atoms with Crippen LogP contribution in [0.2, 0.25) is 0 Å². The van der Waals surface area contributed by atoms with Crippen molar-refractivity contribution in [3.63, 3.8) is 0 Å². The van der Waals surface area contributed by atoms with Crippen molar-refractivity contribution in [2.75, 3.05) is 5.32 Å². The highest BCUT2D eigenvalue weighted by molar-refractivity contribution is 5.93. The van der Waals surface area contributed by atoms with Crippen molar-refractivity contribution in [3.8, 4) is 0 Å². The van der Waals surface area contributed by atoms with Crippen molar-refractivity contribution >= 4 is 17.5 Å². The number of benzene rings is 2. The van der Waals surface area contributed by atoms with E-state index in [-0.39, 0.29) is 11.8 Å². The van der Waals surface area contributed by atoms with E-state index in [2.05, 4.69) is 47.9 Å². The topological polar surface area (TPSA) is 58.2 Å². The van der Waals surface area contributed by atoms with Crippen molar-refractivity contribution in [2.45, 2.75) is 39.2 Å². The Morgan fingerprint density at radius 1 is 1.08 bits per heavy atom. The molecule has 2 N–H and O–H groups in total. The Morgan fingerprint density at radius 2 is 1.83 bits per heavy atom. The summed E-state index contributed by atoms with van der Waals surface area (Å²) in [5.74, 6) is 0.126. The van der Waals surface area contributed by atoms with E-state index in [1.54, 1.807) is 0 Å². The Morgan fingerprint density at radius 3 is 2.62 bits per heavy atom. The molecule has 3 rings (SSSR count). The van der Waals surface area contributed by atoms with Gasteiger partial charge in [-0.05, 0) is 42.5 Å². The third-order valence-electron chi connectivity index (χ3n) is 4.32. The lowest BCUT2D eigenvalue weighted by molar-refractivity contribution is -0.121. The lowest BCUT2D eigenvalue weighted by Gasteiger charge is -2.17. The molecule has 0 fully saturated rings. The molecule has 0 aliphatic carbocycles. The van der Waals surface area contributed by atoms with Crippen LogP contribution in [0.3, 0.4) is 0 Å². The fourth-order valence-corrected chi connectivity index (χ4v) is 2.85. The summed E-state index contributed by atoms with van der Waals surface area (Å²) >= 11 is 0. The monoisotopic (exact) mass is 322 g/mol. The summed E-state index contributed by atoms with van der Waals surface area (Å²) in [7, 11) is 0. The van der Waals surface area contributed by atoms with Gasteiger partial charge in [0.15, 0.2) is 0 Å². The normalized spacial score (nSPS) is 13.1. The average molecular weight is 322 g/mol. The van der Waals surface area contributed by atoms with Crippen LogP contribution >= 0.6 is 0 Å². The molecular weight excluding hydrogens is 300 g/mol. The second-order valence-corrected chi connectivity index (χ2v) is 6.30. The standard InChI is InChI=1S/C20H22N2O2/c1-14-2-4-15(5-3-14)7-10-19(23)21-13-16-6-9-18-17(12-16)8-11-20(24)22-18/h2-6,9,12H,7-8,10-11,13H2,1H3,(H,21,23)(H,22,24). The number of aryl methyl sites for hydroxylation is 3. The largest absolute Gasteiger partial charge is 0.352 e. The van der Waals surface area contributed by atoms with Crippen molar-refractivity contribution in [1.82, 2.24) is 5.32 Å². The summed E-state index contributed by atoms with van der Waals surface area (Å²) in [5, 5.41) is 5.84. The minimum Gasteiger partial charge on any atom is -0.352 e. The molecule has 0 radical (unpaired) electrons. The summed E-state index contributed by atoms with van der Waals surface area (Å²) in [4.78, 5) is 23.4. The van der Waals surface area contributed by atoms with Crippen molar-refractivity contribution in [1.29, 1.82) is 0 Å². The fourth-order valence-electron chi connectivity index (χ4n) is 2.85. The van der Waals surface area contributed by atoms with Gasteiger partial charge >= 0.3 is 0 Å². The zero-order valence-electron chi connectivity index (χ0n) is 13.9. The van der Waals surface area contributed by atoms with Crippen LogP contribution in [0.1, 0.15) is 35.1 Å². The quantitative estimate of drug-likeness (QED) is 0.888. The first-order valence-corrected chi connectivity index (χ1v) is 8.34. The molecule has 1 aliphatic rings. The van der Waals surface area contributed by atoms with Crippen LogP contribution in [-0.4, -0.2) is 11.8 Å². The van der Waals surface area contributed by atoms with Gasteiger partial charge in [0.2, 0.25) is 11.8 Å². The van der Waals surface area contributed by atoms with Gasteiger partial charge in [-0.1, -0.05) is 42.0 Å². The molecule has 0 atom stereocenters. The lowest BCUT2D eigenvalue weighted by Crippen LogP contribution is -2.23. The molecule has 0 aromatic heterocycles. The number of rotatable bonds is 5. The van der Waals surface area contributed by atoms with Gasteiger partial charge in [-0.25, -0.2) is 0 Å². The Balaban J connectivity index is 1.49. The minimum atomic E-state index is 0.0570. The van der Waals surface area contributed by atoms with E-state index in [1.807, 2.05) is 12.1 Å². The minimum absolute atomic E-state index is 0.0570. The molecule has 0 unspecified atom stereocenters. The predicted octanol–water partition coefficient (Wildman–Crippen LogP) is 3.13. The Bertz CT molecular complexity index is 751. The summed E-state index contributed by atoms with van der Waals surface area (Å²) in [6.45, 7) is 2.58. The van der Waals surface area contributed by atoms with Crippen LogP contribution in [0.25, 0.3) is 0 Å². The van der Waals surface area contributed by atoms with Gasteiger partial charge in [0, 0.05) is 25.1 Å². The van der Waals surface area contributed by atoms with Crippen LogP contribution in [0.15, 0.2) is 42.5 Å². The Hall–Kier alpha value is -2.62. The third-order valence-corrected chi connectivity index (χ3v) is 4.32. The van der Waals surface area contributed by atoms with Crippen molar-refractivity contribution < 1.29 is 9.59 Å². The van der Waals surface area contributed by atoms with Gasteiger partial charge in [0.05, 0.1) is 0 Å². The second kappa shape index (κ2) is 7.30. The zero-order chi connectivity index (χ0) is 16.9. The molecule has 0 spiro atoms. The molecule has 1 aliphatic heterocycles. The van der Waals surface area contributed by atoms with Crippen molar-refractivity contribution in [2.24, 2.45) is 0 Å². The molecule has 2 amide bonds. The van der Waals surface area contributed by atoms with E-state index in [0.717, 1.165) is 29.7 Å². The zero-order valence-corrected chi connectivity index (χ0v) is 13.9. The van der Waals surface area contributed by atoms with Gasteiger partial charge in [-0.2, -0.15) is 0 Å². The smallest absolute Gasteiger partial charge is 0.224 e. The van der Waals surface area contributed by atoms with E-state index in [1.165, 1.54) is 11.1 Å². The maximum atomic E-state index is 12.0. The maximum Gasteiger partial charge on any atom is 0.224 e. The van der Waals surface area contributed by atoms with Gasteiger partial charge in [-0.3, -0.25) is 9.59 Å². The first kappa shape index (κ1) is 16.2. The molecule has 2 aromatic rings. The SMILES string of the molecule is Cc1ccc(CCC(=O)NCc2ccc3c(c2)CCC(=O)N3)cc1. The van der Waals surface area contributed by atoms with Crippen molar-refractivity contribution in [3.05, 3.63) is 64.7 Å². The molecule has 0 bridgehead atoms. The predicted molar refractivity (Wildman–Crippen MR) is 94.7 cm³/mol. The number of carbonyl (C=O) groups is 2. The molecule has 4 nitrogen and oxygen atoms in total. The van der Waals surface area contributed by atoms with E-state index >= 15 is 0 Å². The van der Waals surface area contributed by atoms with Gasteiger partial charge < -0.3 is 10.6 Å². The number of amides is 2. The molecule has 4 heteroatoms. The van der Waals surface area contributed by atoms with Crippen LogP contribution in [0.4, 0.5) is 5.69 Å². The lowest BCUT2D eigenvalue weighted by atomic mass is 10.0. The first-order valence-electron chi connectivity index (χ1n) is 8.34. The number of carbonyl (C=O) groups excluding carboxylic acids is 2. The van der Waals surface area contributed by atoms with Crippen LogP contribution in [0, 0.1) is 6.92 Å². The highest BCUT2D eigenvalue weighted by Gasteiger charge is 2.14. The van der Waals surface area contributed by atoms with E-state index in [9.17, 15) is 9.59 Å². The Labute approximate surface area is 142 Å². The maximum absolute atomic E-state index is 12.0. The van der Waals surface area contributed by atoms with Crippen LogP contribution < -0.4 is 10.6 Å². The van der Waals surface area contributed by atoms with Gasteiger partial charge in [0.25, 0.3) is 0 Å². The van der Waals surface area contributed by atoms with Crippen LogP contribution in [0.5, 0.6) is 0 Å². The highest BCUT2D eigenvalue weighted by Crippen LogP contribution is 2.23. The Kier molecular flexibility index (Phi) is 4.94. The highest BCUT2D eigenvalue weighted by atomic mass is 16.2. The number of nitrogens with one attached hydrogen (secondary N) is 2. The number of hydrogen-bond acceptors (Lipinski definition) is 2. The first-order chi connectivity index (χ1) is 11.6. The van der Waals surface area contributed by atoms with E-state index < -0.39 is 0 Å². The summed E-state index contributed by atoms with van der Waals surface area (Å²) < 4.78 is 0. The summed E-state index contributed by atoms with van der Waals surface area (Å²) in [6, 6.07) is 14.2. The molecule has 0 saturated heterocycles. The molecular formula is C20H22N2O2. The van der Waals surface area contributed by atoms with E-state index in [4.69, 9.17) is 0 Å². The van der Waals surface area contributed by atoms with E-state index in [0.29, 0.717) is 19.4 Å². The molecule has 24 heavy (non-hydrogen) atoms. The summed E-state index contributed by atoms with van der Waals surface area (Å²) in [6.07, 6.45) is 2.53. The average Bonchev–Trinajstić information content (AvgIpc) is 2.59. The molecule has 2 aromatic carbocycles. The fraction of sp³-hybridized carbons (Fsp3) is 0.300. The summed E-state index contributed by atoms with van der Waals surface area (Å²) in [5.41, 5.74) is 5.50. The molecule has 1 heterocycles. The van der Waals surface area contributed by atoms with Crippen LogP contribution in [-0.2, 0) is 29.0 Å². The number of anilines is 1. The van der Waals surface area contributed by atoms with Gasteiger partial charge in [-0.15, -0.1) is 0 Å². The second-order valence-electron chi connectivity index (χ2n) is 6.30.